The van der Waals surface area contributed by atoms with Crippen LogP contribution in [0.4, 0.5) is 5.69 Å². The van der Waals surface area contributed by atoms with Gasteiger partial charge in [0.1, 0.15) is 5.82 Å². The molecule has 0 amide bonds. The van der Waals surface area contributed by atoms with Crippen molar-refractivity contribution in [1.82, 2.24) is 15.2 Å². The van der Waals surface area contributed by atoms with Crippen molar-refractivity contribution in [2.45, 2.75) is 38.8 Å². The summed E-state index contributed by atoms with van der Waals surface area (Å²) < 4.78 is 5.59. The number of anilines is 1. The average Bonchev–Trinajstić information content (AvgIpc) is 2.83. The molecular weight excluding hydrogens is 252 g/mol. The van der Waals surface area contributed by atoms with Crippen molar-refractivity contribution in [3.63, 3.8) is 0 Å². The zero-order chi connectivity index (χ0) is 13.9. The minimum absolute atomic E-state index is 0.412. The average molecular weight is 272 g/mol. The fourth-order valence-corrected chi connectivity index (χ4v) is 2.54. The molecule has 1 aromatic carbocycles. The first-order valence-electron chi connectivity index (χ1n) is 7.12. The molecule has 0 saturated heterocycles. The Morgan fingerprint density at radius 1 is 1.35 bits per heavy atom. The van der Waals surface area contributed by atoms with Crippen molar-refractivity contribution in [2.75, 3.05) is 11.9 Å². The van der Waals surface area contributed by atoms with Gasteiger partial charge >= 0.3 is 0 Å². The van der Waals surface area contributed by atoms with Gasteiger partial charge in [0.05, 0.1) is 6.10 Å². The molecule has 1 saturated carbocycles. The van der Waals surface area contributed by atoms with Crippen molar-refractivity contribution in [2.24, 2.45) is 0 Å². The number of hydrogen-bond acceptors (Lipinski definition) is 4. The summed E-state index contributed by atoms with van der Waals surface area (Å²) >= 11 is 0. The van der Waals surface area contributed by atoms with Gasteiger partial charge in [0.2, 0.25) is 0 Å². The number of rotatable bonds is 5. The van der Waals surface area contributed by atoms with Crippen LogP contribution in [-0.2, 0) is 4.74 Å². The molecule has 1 aliphatic rings. The number of benzene rings is 1. The van der Waals surface area contributed by atoms with Gasteiger partial charge in [-0.05, 0) is 38.8 Å². The van der Waals surface area contributed by atoms with Gasteiger partial charge in [0.25, 0.3) is 0 Å². The molecule has 0 radical (unpaired) electrons. The molecule has 2 aromatic rings. The number of nitrogens with zero attached hydrogens (tertiary/aromatic N) is 2. The molecule has 1 aliphatic carbocycles. The lowest BCUT2D eigenvalue weighted by atomic mass is 9.88. The monoisotopic (exact) mass is 272 g/mol. The van der Waals surface area contributed by atoms with Crippen LogP contribution in [0.5, 0.6) is 0 Å². The van der Waals surface area contributed by atoms with E-state index in [0.717, 1.165) is 42.3 Å². The normalized spacial score (nSPS) is 21.5. The molecule has 1 aromatic heterocycles. The Morgan fingerprint density at radius 2 is 2.15 bits per heavy atom. The van der Waals surface area contributed by atoms with Crippen molar-refractivity contribution < 1.29 is 4.74 Å². The Hall–Kier alpha value is -1.88. The third kappa shape index (κ3) is 2.67. The number of aromatic amines is 1. The minimum atomic E-state index is 0.412. The summed E-state index contributed by atoms with van der Waals surface area (Å²) in [6.07, 6.45) is 2.54. The van der Waals surface area contributed by atoms with Crippen LogP contribution in [0.15, 0.2) is 24.3 Å². The molecule has 1 fully saturated rings. The van der Waals surface area contributed by atoms with E-state index < -0.39 is 0 Å². The second-order valence-electron chi connectivity index (χ2n) is 5.18. The molecule has 5 nitrogen and oxygen atoms in total. The van der Waals surface area contributed by atoms with Gasteiger partial charge in [-0.3, -0.25) is 5.10 Å². The Bertz CT molecular complexity index is 575. The molecule has 0 unspecified atom stereocenters. The van der Waals surface area contributed by atoms with Crippen LogP contribution in [0.3, 0.4) is 0 Å². The van der Waals surface area contributed by atoms with Gasteiger partial charge in [-0.2, -0.15) is 5.10 Å². The lowest BCUT2D eigenvalue weighted by Gasteiger charge is -2.36. The highest BCUT2D eigenvalue weighted by Gasteiger charge is 2.29. The number of para-hydroxylation sites is 1. The summed E-state index contributed by atoms with van der Waals surface area (Å²) in [5, 5.41) is 10.7. The highest BCUT2D eigenvalue weighted by atomic mass is 16.5. The van der Waals surface area contributed by atoms with E-state index in [-0.39, 0.29) is 0 Å². The van der Waals surface area contributed by atoms with E-state index in [2.05, 4.69) is 26.6 Å². The summed E-state index contributed by atoms with van der Waals surface area (Å²) in [7, 11) is 0. The first kappa shape index (κ1) is 13.1. The SMILES string of the molecule is CCOC1CC(Nc2ccccc2-c2n[nH]c(C)n2)C1. The first-order chi connectivity index (χ1) is 9.76. The largest absolute Gasteiger partial charge is 0.382 e. The number of ether oxygens (including phenoxy) is 1. The fourth-order valence-electron chi connectivity index (χ4n) is 2.54. The second kappa shape index (κ2) is 5.63. The maximum Gasteiger partial charge on any atom is 0.183 e. The highest BCUT2D eigenvalue weighted by molar-refractivity contribution is 5.73. The van der Waals surface area contributed by atoms with Crippen LogP contribution < -0.4 is 5.32 Å². The van der Waals surface area contributed by atoms with E-state index in [9.17, 15) is 0 Å². The second-order valence-corrected chi connectivity index (χ2v) is 5.18. The number of aryl methyl sites for hydroxylation is 1. The summed E-state index contributed by atoms with van der Waals surface area (Å²) in [6, 6.07) is 8.64. The van der Waals surface area contributed by atoms with Gasteiger partial charge in [0, 0.05) is 23.9 Å². The minimum Gasteiger partial charge on any atom is -0.382 e. The van der Waals surface area contributed by atoms with Crippen molar-refractivity contribution in [3.8, 4) is 11.4 Å². The molecular formula is C15H20N4O. The van der Waals surface area contributed by atoms with E-state index in [0.29, 0.717) is 12.1 Å². The molecule has 5 heteroatoms. The fraction of sp³-hybridized carbons (Fsp3) is 0.467. The van der Waals surface area contributed by atoms with Crippen LogP contribution in [0.25, 0.3) is 11.4 Å². The van der Waals surface area contributed by atoms with Gasteiger partial charge in [-0.25, -0.2) is 4.98 Å². The molecule has 0 atom stereocenters. The number of hydrogen-bond donors (Lipinski definition) is 2. The molecule has 1 heterocycles. The molecule has 2 N–H and O–H groups in total. The van der Waals surface area contributed by atoms with E-state index in [1.54, 1.807) is 0 Å². The topological polar surface area (TPSA) is 62.8 Å². The zero-order valence-corrected chi connectivity index (χ0v) is 11.9. The van der Waals surface area contributed by atoms with E-state index in [1.165, 1.54) is 0 Å². The predicted molar refractivity (Wildman–Crippen MR) is 78.6 cm³/mol. The van der Waals surface area contributed by atoms with E-state index in [1.807, 2.05) is 32.0 Å². The first-order valence-corrected chi connectivity index (χ1v) is 7.12. The molecule has 20 heavy (non-hydrogen) atoms. The Labute approximate surface area is 118 Å². The quantitative estimate of drug-likeness (QED) is 0.878. The maximum absolute atomic E-state index is 5.59. The maximum atomic E-state index is 5.59. The third-order valence-corrected chi connectivity index (χ3v) is 3.62. The molecule has 0 aliphatic heterocycles. The van der Waals surface area contributed by atoms with Crippen LogP contribution in [-0.4, -0.2) is 33.9 Å². The van der Waals surface area contributed by atoms with Crippen LogP contribution in [0.1, 0.15) is 25.6 Å². The zero-order valence-electron chi connectivity index (χ0n) is 11.9. The predicted octanol–water partition coefficient (Wildman–Crippen LogP) is 2.76. The summed E-state index contributed by atoms with van der Waals surface area (Å²) in [4.78, 5) is 4.41. The highest BCUT2D eigenvalue weighted by Crippen LogP contribution is 2.31. The lowest BCUT2D eigenvalue weighted by molar-refractivity contribution is 0.00300. The Kier molecular flexibility index (Phi) is 3.69. The number of aromatic nitrogens is 3. The number of H-pyrrole nitrogens is 1. The number of nitrogens with one attached hydrogen (secondary N) is 2. The van der Waals surface area contributed by atoms with Crippen molar-refractivity contribution >= 4 is 5.69 Å². The van der Waals surface area contributed by atoms with Crippen molar-refractivity contribution in [3.05, 3.63) is 30.1 Å². The summed E-state index contributed by atoms with van der Waals surface area (Å²) in [5.74, 6) is 1.57. The standard InChI is InChI=1S/C15H20N4O/c1-3-20-12-8-11(9-12)17-14-7-5-4-6-13(14)15-16-10(2)18-19-15/h4-7,11-12,17H,3,8-9H2,1-2H3,(H,16,18,19). The smallest absolute Gasteiger partial charge is 0.183 e. The van der Waals surface area contributed by atoms with Crippen LogP contribution >= 0.6 is 0 Å². The van der Waals surface area contributed by atoms with Gasteiger partial charge in [-0.1, -0.05) is 12.1 Å². The van der Waals surface area contributed by atoms with Gasteiger partial charge in [0.15, 0.2) is 5.82 Å². The summed E-state index contributed by atoms with van der Waals surface area (Å²) in [6.45, 7) is 4.75. The van der Waals surface area contributed by atoms with E-state index in [4.69, 9.17) is 4.74 Å². The Morgan fingerprint density at radius 3 is 2.85 bits per heavy atom. The van der Waals surface area contributed by atoms with E-state index >= 15 is 0 Å². The molecule has 0 bridgehead atoms. The van der Waals surface area contributed by atoms with Gasteiger partial charge in [-0.15, -0.1) is 0 Å². The lowest BCUT2D eigenvalue weighted by Crippen LogP contribution is -2.40. The summed E-state index contributed by atoms with van der Waals surface area (Å²) in [5.41, 5.74) is 2.13. The van der Waals surface area contributed by atoms with Gasteiger partial charge < -0.3 is 10.1 Å². The Balaban J connectivity index is 1.71. The van der Waals surface area contributed by atoms with Crippen molar-refractivity contribution in [1.29, 1.82) is 0 Å². The van der Waals surface area contributed by atoms with Crippen LogP contribution in [0, 0.1) is 6.92 Å². The molecule has 3 rings (SSSR count). The van der Waals surface area contributed by atoms with Crippen LogP contribution in [0.2, 0.25) is 0 Å². The molecule has 0 spiro atoms. The molecule has 106 valence electrons. The third-order valence-electron chi connectivity index (χ3n) is 3.62.